The first kappa shape index (κ1) is 8.81. The van der Waals surface area contributed by atoms with E-state index in [4.69, 9.17) is 4.74 Å². The number of H-pyrrole nitrogens is 1. The molecule has 0 saturated heterocycles. The molecular weight excluding hydrogens is 178 g/mol. The summed E-state index contributed by atoms with van der Waals surface area (Å²) in [5, 5.41) is 0.953. The van der Waals surface area contributed by atoms with Crippen molar-refractivity contribution in [1.82, 2.24) is 4.98 Å². The zero-order valence-corrected chi connectivity index (χ0v) is 8.13. The number of carbonyl (C=O) groups excluding carboxylic acids is 1. The van der Waals surface area contributed by atoms with E-state index < -0.39 is 0 Å². The Labute approximate surface area is 81.7 Å². The van der Waals surface area contributed by atoms with E-state index in [0.29, 0.717) is 11.3 Å². The number of methoxy groups -OCH3 is 1. The van der Waals surface area contributed by atoms with Crippen LogP contribution in [0.5, 0.6) is 5.75 Å². The summed E-state index contributed by atoms with van der Waals surface area (Å²) in [6.07, 6.45) is 0.806. The molecule has 0 bridgehead atoms. The highest BCUT2D eigenvalue weighted by atomic mass is 16.5. The molecule has 1 N–H and O–H groups in total. The minimum Gasteiger partial charge on any atom is -0.495 e. The van der Waals surface area contributed by atoms with Gasteiger partial charge in [0.2, 0.25) is 0 Å². The molecule has 0 spiro atoms. The Hall–Kier alpha value is -1.77. The summed E-state index contributed by atoms with van der Waals surface area (Å²) in [4.78, 5) is 13.9. The fourth-order valence-electron chi connectivity index (χ4n) is 1.65. The quantitative estimate of drug-likeness (QED) is 0.736. The van der Waals surface area contributed by atoms with Gasteiger partial charge in [-0.1, -0.05) is 0 Å². The average molecular weight is 189 g/mol. The van der Waals surface area contributed by atoms with Crippen LogP contribution in [0.25, 0.3) is 10.9 Å². The van der Waals surface area contributed by atoms with Gasteiger partial charge in [0.1, 0.15) is 5.75 Å². The van der Waals surface area contributed by atoms with Crippen LogP contribution in [0.4, 0.5) is 0 Å². The fourth-order valence-corrected chi connectivity index (χ4v) is 1.65. The molecule has 72 valence electrons. The van der Waals surface area contributed by atoms with Gasteiger partial charge in [-0.15, -0.1) is 0 Å². The van der Waals surface area contributed by atoms with Crippen LogP contribution in [0.15, 0.2) is 18.2 Å². The van der Waals surface area contributed by atoms with Gasteiger partial charge in [-0.25, -0.2) is 0 Å². The molecule has 0 aliphatic carbocycles. The van der Waals surface area contributed by atoms with Crippen LogP contribution in [0.1, 0.15) is 16.1 Å². The van der Waals surface area contributed by atoms with Crippen molar-refractivity contribution in [3.63, 3.8) is 0 Å². The molecule has 0 amide bonds. The summed E-state index contributed by atoms with van der Waals surface area (Å²) in [5.74, 6) is 0.641. The van der Waals surface area contributed by atoms with Crippen LogP contribution in [0, 0.1) is 6.92 Å². The lowest BCUT2D eigenvalue weighted by molar-refractivity contribution is 0.112. The summed E-state index contributed by atoms with van der Waals surface area (Å²) in [7, 11) is 1.57. The van der Waals surface area contributed by atoms with Gasteiger partial charge in [0.15, 0.2) is 6.29 Å². The van der Waals surface area contributed by atoms with Crippen LogP contribution < -0.4 is 4.74 Å². The van der Waals surface area contributed by atoms with E-state index in [1.165, 1.54) is 0 Å². The lowest BCUT2D eigenvalue weighted by Gasteiger charge is -2.03. The second-order valence-electron chi connectivity index (χ2n) is 3.22. The molecular formula is C11H11NO2. The number of ether oxygens (including phenoxy) is 1. The Morgan fingerprint density at radius 1 is 1.43 bits per heavy atom. The molecule has 0 radical (unpaired) electrons. The van der Waals surface area contributed by atoms with Crippen molar-refractivity contribution in [2.45, 2.75) is 6.92 Å². The number of benzene rings is 1. The maximum atomic E-state index is 10.7. The molecule has 0 unspecified atom stereocenters. The molecule has 3 heteroatoms. The van der Waals surface area contributed by atoms with Crippen molar-refractivity contribution >= 4 is 17.2 Å². The summed E-state index contributed by atoms with van der Waals surface area (Å²) >= 11 is 0. The van der Waals surface area contributed by atoms with E-state index in [1.54, 1.807) is 13.2 Å². The Bertz CT molecular complexity index is 485. The zero-order chi connectivity index (χ0) is 10.1. The number of aryl methyl sites for hydroxylation is 1. The molecule has 0 atom stereocenters. The molecule has 0 aliphatic heterocycles. The van der Waals surface area contributed by atoms with E-state index >= 15 is 0 Å². The molecule has 3 nitrogen and oxygen atoms in total. The van der Waals surface area contributed by atoms with E-state index in [-0.39, 0.29) is 0 Å². The number of aromatic amines is 1. The van der Waals surface area contributed by atoms with E-state index in [0.717, 1.165) is 22.9 Å². The molecule has 1 aromatic heterocycles. The van der Waals surface area contributed by atoms with Gasteiger partial charge >= 0.3 is 0 Å². The van der Waals surface area contributed by atoms with Crippen LogP contribution in [-0.2, 0) is 0 Å². The SMILES string of the molecule is COc1c(C=O)ccc2[nH]c(C)cc12. The van der Waals surface area contributed by atoms with Gasteiger partial charge in [-0.05, 0) is 25.1 Å². The van der Waals surface area contributed by atoms with Crippen molar-refractivity contribution in [1.29, 1.82) is 0 Å². The lowest BCUT2D eigenvalue weighted by Crippen LogP contribution is -1.90. The van der Waals surface area contributed by atoms with Crippen LogP contribution in [0.2, 0.25) is 0 Å². The Morgan fingerprint density at radius 2 is 2.21 bits per heavy atom. The smallest absolute Gasteiger partial charge is 0.153 e. The molecule has 2 aromatic rings. The highest BCUT2D eigenvalue weighted by molar-refractivity contribution is 5.95. The Kier molecular flexibility index (Phi) is 2.00. The maximum absolute atomic E-state index is 10.7. The van der Waals surface area contributed by atoms with Gasteiger partial charge in [-0.3, -0.25) is 4.79 Å². The minimum atomic E-state index is 0.582. The Balaban J connectivity index is 2.82. The predicted octanol–water partition coefficient (Wildman–Crippen LogP) is 2.30. The zero-order valence-electron chi connectivity index (χ0n) is 8.13. The van der Waals surface area contributed by atoms with Crippen LogP contribution in [-0.4, -0.2) is 18.4 Å². The summed E-state index contributed by atoms with van der Waals surface area (Å²) < 4.78 is 5.21. The van der Waals surface area contributed by atoms with Crippen LogP contribution >= 0.6 is 0 Å². The normalized spacial score (nSPS) is 10.4. The van der Waals surface area contributed by atoms with Crippen molar-refractivity contribution in [3.05, 3.63) is 29.5 Å². The van der Waals surface area contributed by atoms with Crippen molar-refractivity contribution < 1.29 is 9.53 Å². The third kappa shape index (κ3) is 1.18. The van der Waals surface area contributed by atoms with Gasteiger partial charge in [0.05, 0.1) is 12.7 Å². The molecule has 0 fully saturated rings. The van der Waals surface area contributed by atoms with Crippen molar-refractivity contribution in [2.24, 2.45) is 0 Å². The third-order valence-electron chi connectivity index (χ3n) is 2.25. The first-order valence-corrected chi connectivity index (χ1v) is 4.37. The molecule has 1 heterocycles. The molecule has 1 aromatic carbocycles. The van der Waals surface area contributed by atoms with E-state index in [2.05, 4.69) is 4.98 Å². The molecule has 0 saturated carbocycles. The maximum Gasteiger partial charge on any atom is 0.153 e. The summed E-state index contributed by atoms with van der Waals surface area (Å²) in [5.41, 5.74) is 2.63. The first-order valence-electron chi connectivity index (χ1n) is 4.37. The van der Waals surface area contributed by atoms with Gasteiger partial charge < -0.3 is 9.72 Å². The van der Waals surface area contributed by atoms with Gasteiger partial charge in [0, 0.05) is 16.6 Å². The predicted molar refractivity (Wildman–Crippen MR) is 55.0 cm³/mol. The number of hydrogen-bond donors (Lipinski definition) is 1. The largest absolute Gasteiger partial charge is 0.495 e. The number of aromatic nitrogens is 1. The standard InChI is InChI=1S/C11H11NO2/c1-7-5-9-10(12-7)4-3-8(6-13)11(9)14-2/h3-6,12H,1-2H3. The third-order valence-corrected chi connectivity index (χ3v) is 2.25. The fraction of sp³-hybridized carbons (Fsp3) is 0.182. The number of carbonyl (C=O) groups is 1. The van der Waals surface area contributed by atoms with Crippen molar-refractivity contribution in [2.75, 3.05) is 7.11 Å². The van der Waals surface area contributed by atoms with Gasteiger partial charge in [0.25, 0.3) is 0 Å². The first-order chi connectivity index (χ1) is 6.76. The highest BCUT2D eigenvalue weighted by Crippen LogP contribution is 2.29. The molecule has 14 heavy (non-hydrogen) atoms. The van der Waals surface area contributed by atoms with Crippen molar-refractivity contribution in [3.8, 4) is 5.75 Å². The summed E-state index contributed by atoms with van der Waals surface area (Å²) in [6.45, 7) is 1.97. The van der Waals surface area contributed by atoms with Gasteiger partial charge in [-0.2, -0.15) is 0 Å². The number of hydrogen-bond acceptors (Lipinski definition) is 2. The molecule has 2 rings (SSSR count). The summed E-state index contributed by atoms with van der Waals surface area (Å²) in [6, 6.07) is 5.61. The number of rotatable bonds is 2. The lowest BCUT2D eigenvalue weighted by atomic mass is 10.1. The minimum absolute atomic E-state index is 0.582. The second-order valence-corrected chi connectivity index (χ2v) is 3.22. The average Bonchev–Trinajstić information content (AvgIpc) is 2.56. The van der Waals surface area contributed by atoms with E-state index in [1.807, 2.05) is 19.1 Å². The molecule has 0 aliphatic rings. The topological polar surface area (TPSA) is 42.1 Å². The monoisotopic (exact) mass is 189 g/mol. The van der Waals surface area contributed by atoms with Crippen LogP contribution in [0.3, 0.4) is 0 Å². The number of fused-ring (bicyclic) bond motifs is 1. The Morgan fingerprint density at radius 3 is 2.86 bits per heavy atom. The van der Waals surface area contributed by atoms with E-state index in [9.17, 15) is 4.79 Å². The number of aldehydes is 1. The second kappa shape index (κ2) is 3.18. The highest BCUT2D eigenvalue weighted by Gasteiger charge is 2.08. The number of nitrogens with one attached hydrogen (secondary N) is 1.